The number of urea groups is 1. The summed E-state index contributed by atoms with van der Waals surface area (Å²) in [5.74, 6) is 0.717. The number of hydrogen-bond acceptors (Lipinski definition) is 3. The molecule has 122 valence electrons. The highest BCUT2D eigenvalue weighted by Crippen LogP contribution is 2.28. The number of hydrogen-bond donors (Lipinski definition) is 2. The Bertz CT molecular complexity index is 642. The highest BCUT2D eigenvalue weighted by Gasteiger charge is 2.28. The lowest BCUT2D eigenvalue weighted by Crippen LogP contribution is -2.45. The Labute approximate surface area is 135 Å². The molecular weight excluding hydrogens is 292 g/mol. The molecule has 1 aromatic carbocycles. The van der Waals surface area contributed by atoms with Crippen LogP contribution in [-0.2, 0) is 0 Å². The minimum absolute atomic E-state index is 0.0919. The number of aromatic nitrogens is 2. The second kappa shape index (κ2) is 7.17. The van der Waals surface area contributed by atoms with Crippen molar-refractivity contribution in [2.24, 2.45) is 0 Å². The lowest BCUT2D eigenvalue weighted by molar-refractivity contribution is 0.223. The first kappa shape index (κ1) is 15.4. The quantitative estimate of drug-likeness (QED) is 0.910. The van der Waals surface area contributed by atoms with Gasteiger partial charge in [0.25, 0.3) is 0 Å². The average Bonchev–Trinajstić information content (AvgIpc) is 3.10. The number of anilines is 1. The zero-order valence-electron chi connectivity index (χ0n) is 13.2. The number of amides is 2. The molecule has 2 unspecified atom stereocenters. The molecule has 23 heavy (non-hydrogen) atoms. The number of carbonyl (C=O) groups is 1. The van der Waals surface area contributed by atoms with Crippen LogP contribution in [0, 0.1) is 0 Å². The second-order valence-electron chi connectivity index (χ2n) is 5.77. The van der Waals surface area contributed by atoms with E-state index in [0.29, 0.717) is 5.69 Å². The molecule has 1 saturated carbocycles. The SMILES string of the molecule is COc1cccc(NC(=O)NC2CCCCC2n2cccn2)c1. The summed E-state index contributed by atoms with van der Waals surface area (Å²) < 4.78 is 7.12. The fraction of sp³-hybridized carbons (Fsp3) is 0.412. The van der Waals surface area contributed by atoms with Crippen LogP contribution >= 0.6 is 0 Å². The molecule has 0 radical (unpaired) electrons. The molecule has 2 N–H and O–H groups in total. The third-order valence-electron chi connectivity index (χ3n) is 4.24. The number of benzene rings is 1. The van der Waals surface area contributed by atoms with Crippen molar-refractivity contribution in [2.75, 3.05) is 12.4 Å². The van der Waals surface area contributed by atoms with Gasteiger partial charge in [-0.2, -0.15) is 5.10 Å². The summed E-state index contributed by atoms with van der Waals surface area (Å²) in [6, 6.07) is 9.37. The maximum Gasteiger partial charge on any atom is 0.319 e. The van der Waals surface area contributed by atoms with Crippen molar-refractivity contribution in [3.8, 4) is 5.75 Å². The summed E-state index contributed by atoms with van der Waals surface area (Å²) in [6.07, 6.45) is 8.04. The normalized spacial score (nSPS) is 20.7. The molecule has 6 nitrogen and oxygen atoms in total. The third kappa shape index (κ3) is 3.83. The van der Waals surface area contributed by atoms with Gasteiger partial charge in [0.15, 0.2) is 0 Å². The maximum atomic E-state index is 12.3. The zero-order valence-corrected chi connectivity index (χ0v) is 13.2. The molecule has 0 bridgehead atoms. The largest absolute Gasteiger partial charge is 0.497 e. The van der Waals surface area contributed by atoms with Gasteiger partial charge >= 0.3 is 6.03 Å². The standard InChI is InChI=1S/C17H22N4O2/c1-23-14-7-4-6-13(12-14)19-17(22)20-15-8-2-3-9-16(15)21-11-5-10-18-21/h4-7,10-12,15-16H,2-3,8-9H2,1H3,(H2,19,20,22). The van der Waals surface area contributed by atoms with Crippen LogP contribution in [0.5, 0.6) is 5.75 Å². The van der Waals surface area contributed by atoms with Gasteiger partial charge < -0.3 is 15.4 Å². The molecule has 0 saturated heterocycles. The van der Waals surface area contributed by atoms with Crippen molar-refractivity contribution in [1.82, 2.24) is 15.1 Å². The first-order valence-corrected chi connectivity index (χ1v) is 7.97. The highest BCUT2D eigenvalue weighted by molar-refractivity contribution is 5.89. The topological polar surface area (TPSA) is 68.2 Å². The van der Waals surface area contributed by atoms with Crippen LogP contribution in [0.15, 0.2) is 42.7 Å². The monoisotopic (exact) mass is 314 g/mol. The zero-order chi connectivity index (χ0) is 16.1. The number of ether oxygens (including phenoxy) is 1. The fourth-order valence-electron chi connectivity index (χ4n) is 3.11. The molecule has 2 atom stereocenters. The van der Waals surface area contributed by atoms with E-state index < -0.39 is 0 Å². The van der Waals surface area contributed by atoms with Crippen molar-refractivity contribution in [1.29, 1.82) is 0 Å². The van der Waals surface area contributed by atoms with E-state index in [9.17, 15) is 4.79 Å². The van der Waals surface area contributed by atoms with Gasteiger partial charge in [0.05, 0.1) is 19.2 Å². The lowest BCUT2D eigenvalue weighted by Gasteiger charge is -2.32. The minimum atomic E-state index is -0.192. The van der Waals surface area contributed by atoms with Crippen molar-refractivity contribution in [2.45, 2.75) is 37.8 Å². The Balaban J connectivity index is 1.63. The molecule has 0 aliphatic heterocycles. The third-order valence-corrected chi connectivity index (χ3v) is 4.24. The molecule has 1 aliphatic carbocycles. The van der Waals surface area contributed by atoms with Gasteiger partial charge in [-0.05, 0) is 31.0 Å². The highest BCUT2D eigenvalue weighted by atomic mass is 16.5. The minimum Gasteiger partial charge on any atom is -0.497 e. The van der Waals surface area contributed by atoms with E-state index in [1.165, 1.54) is 6.42 Å². The molecule has 2 aromatic rings. The second-order valence-corrected chi connectivity index (χ2v) is 5.77. The lowest BCUT2D eigenvalue weighted by atomic mass is 9.90. The molecule has 2 amide bonds. The molecule has 6 heteroatoms. The predicted octanol–water partition coefficient (Wildman–Crippen LogP) is 3.20. The Hall–Kier alpha value is -2.50. The summed E-state index contributed by atoms with van der Waals surface area (Å²) in [5, 5.41) is 10.3. The van der Waals surface area contributed by atoms with Crippen molar-refractivity contribution >= 4 is 11.7 Å². The van der Waals surface area contributed by atoms with E-state index in [4.69, 9.17) is 4.74 Å². The van der Waals surface area contributed by atoms with Crippen molar-refractivity contribution in [3.05, 3.63) is 42.7 Å². The molecule has 1 heterocycles. The van der Waals surface area contributed by atoms with Crippen molar-refractivity contribution in [3.63, 3.8) is 0 Å². The van der Waals surface area contributed by atoms with E-state index >= 15 is 0 Å². The van der Waals surface area contributed by atoms with Crippen LogP contribution in [-0.4, -0.2) is 29.0 Å². The number of nitrogens with one attached hydrogen (secondary N) is 2. The number of carbonyl (C=O) groups excluding carboxylic acids is 1. The molecule has 3 rings (SSSR count). The number of nitrogens with zero attached hydrogens (tertiary/aromatic N) is 2. The van der Waals surface area contributed by atoms with Gasteiger partial charge in [0, 0.05) is 24.1 Å². The predicted molar refractivity (Wildman–Crippen MR) is 88.7 cm³/mol. The van der Waals surface area contributed by atoms with Gasteiger partial charge in [-0.15, -0.1) is 0 Å². The van der Waals surface area contributed by atoms with Crippen LogP contribution in [0.4, 0.5) is 10.5 Å². The Kier molecular flexibility index (Phi) is 4.80. The molecule has 1 aliphatic rings. The Morgan fingerprint density at radius 3 is 2.96 bits per heavy atom. The summed E-state index contributed by atoms with van der Waals surface area (Å²) in [5.41, 5.74) is 0.716. The van der Waals surface area contributed by atoms with Crippen LogP contribution in [0.25, 0.3) is 0 Å². The number of methoxy groups -OCH3 is 1. The Morgan fingerprint density at radius 1 is 1.30 bits per heavy atom. The number of rotatable bonds is 4. The van der Waals surface area contributed by atoms with Crippen molar-refractivity contribution < 1.29 is 9.53 Å². The summed E-state index contributed by atoms with van der Waals surface area (Å²) in [7, 11) is 1.61. The summed E-state index contributed by atoms with van der Waals surface area (Å²) >= 11 is 0. The van der Waals surface area contributed by atoms with Gasteiger partial charge in [0.1, 0.15) is 5.75 Å². The van der Waals surface area contributed by atoms with E-state index in [1.54, 1.807) is 19.4 Å². The Morgan fingerprint density at radius 2 is 2.17 bits per heavy atom. The molecule has 0 spiro atoms. The first-order valence-electron chi connectivity index (χ1n) is 7.97. The smallest absolute Gasteiger partial charge is 0.319 e. The van der Waals surface area contributed by atoms with Crippen LogP contribution in [0.1, 0.15) is 31.7 Å². The summed E-state index contributed by atoms with van der Waals surface area (Å²) in [6.45, 7) is 0. The fourth-order valence-corrected chi connectivity index (χ4v) is 3.11. The van der Waals surface area contributed by atoms with Gasteiger partial charge in [-0.3, -0.25) is 4.68 Å². The molecular formula is C17H22N4O2. The maximum absolute atomic E-state index is 12.3. The van der Waals surface area contributed by atoms with Gasteiger partial charge in [-0.25, -0.2) is 4.79 Å². The van der Waals surface area contributed by atoms with E-state index in [2.05, 4.69) is 15.7 Å². The van der Waals surface area contributed by atoms with Gasteiger partial charge in [-0.1, -0.05) is 18.9 Å². The summed E-state index contributed by atoms with van der Waals surface area (Å²) in [4.78, 5) is 12.3. The molecule has 1 aromatic heterocycles. The van der Waals surface area contributed by atoms with E-state index in [-0.39, 0.29) is 18.1 Å². The van der Waals surface area contributed by atoms with Crippen LogP contribution in [0.2, 0.25) is 0 Å². The van der Waals surface area contributed by atoms with Crippen LogP contribution in [0.3, 0.4) is 0 Å². The molecule has 1 fully saturated rings. The first-order chi connectivity index (χ1) is 11.3. The average molecular weight is 314 g/mol. The van der Waals surface area contributed by atoms with Gasteiger partial charge in [0.2, 0.25) is 0 Å². The van der Waals surface area contributed by atoms with E-state index in [1.807, 2.05) is 35.1 Å². The van der Waals surface area contributed by atoms with Crippen LogP contribution < -0.4 is 15.4 Å². The van der Waals surface area contributed by atoms with E-state index in [0.717, 1.165) is 25.0 Å².